The van der Waals surface area contributed by atoms with Gasteiger partial charge in [-0.2, -0.15) is 4.57 Å². The third-order valence-electron chi connectivity index (χ3n) is 3.34. The van der Waals surface area contributed by atoms with E-state index in [4.69, 9.17) is 5.21 Å². The van der Waals surface area contributed by atoms with Crippen molar-refractivity contribution < 1.29 is 9.77 Å². The molecule has 3 heteroatoms. The first kappa shape index (κ1) is 14.3. The summed E-state index contributed by atoms with van der Waals surface area (Å²) >= 11 is 0. The molecule has 0 aliphatic carbocycles. The van der Waals surface area contributed by atoms with E-state index < -0.39 is 0 Å². The Labute approximate surface area is 120 Å². The number of pyridine rings is 1. The van der Waals surface area contributed by atoms with Crippen LogP contribution in [0.25, 0.3) is 0 Å². The SMILES string of the molecule is CC(C)(C)c1ccc(C[n+]2ccccc2/C=N\O)cc1. The summed E-state index contributed by atoms with van der Waals surface area (Å²) in [6.45, 7) is 7.39. The molecule has 0 amide bonds. The minimum Gasteiger partial charge on any atom is -0.411 e. The van der Waals surface area contributed by atoms with Crippen molar-refractivity contribution in [1.29, 1.82) is 0 Å². The molecule has 0 aliphatic heterocycles. The van der Waals surface area contributed by atoms with Crippen LogP contribution < -0.4 is 4.57 Å². The van der Waals surface area contributed by atoms with Gasteiger partial charge in [0.2, 0.25) is 5.69 Å². The number of hydrogen-bond acceptors (Lipinski definition) is 2. The Morgan fingerprint density at radius 3 is 2.40 bits per heavy atom. The number of benzene rings is 1. The quantitative estimate of drug-likeness (QED) is 0.395. The molecule has 0 unspecified atom stereocenters. The molecule has 1 aromatic carbocycles. The lowest BCUT2D eigenvalue weighted by Gasteiger charge is -2.18. The summed E-state index contributed by atoms with van der Waals surface area (Å²) in [5, 5.41) is 11.8. The summed E-state index contributed by atoms with van der Waals surface area (Å²) in [6.07, 6.45) is 3.43. The Morgan fingerprint density at radius 1 is 1.10 bits per heavy atom. The zero-order chi connectivity index (χ0) is 14.6. The van der Waals surface area contributed by atoms with Crippen LogP contribution in [0.4, 0.5) is 0 Å². The maximum absolute atomic E-state index is 8.69. The van der Waals surface area contributed by atoms with Crippen LogP contribution in [0.2, 0.25) is 0 Å². The lowest BCUT2D eigenvalue weighted by Crippen LogP contribution is -2.38. The van der Waals surface area contributed by atoms with E-state index in [9.17, 15) is 0 Å². The highest BCUT2D eigenvalue weighted by Crippen LogP contribution is 2.22. The summed E-state index contributed by atoms with van der Waals surface area (Å²) in [5.74, 6) is 0. The van der Waals surface area contributed by atoms with Crippen LogP contribution >= 0.6 is 0 Å². The zero-order valence-electron chi connectivity index (χ0n) is 12.2. The van der Waals surface area contributed by atoms with Crippen molar-refractivity contribution in [2.45, 2.75) is 32.7 Å². The summed E-state index contributed by atoms with van der Waals surface area (Å²) < 4.78 is 2.05. The Morgan fingerprint density at radius 2 is 1.80 bits per heavy atom. The molecule has 2 rings (SSSR count). The highest BCUT2D eigenvalue weighted by atomic mass is 16.4. The van der Waals surface area contributed by atoms with Crippen molar-refractivity contribution in [3.63, 3.8) is 0 Å². The minimum atomic E-state index is 0.174. The molecule has 0 fully saturated rings. The van der Waals surface area contributed by atoms with E-state index >= 15 is 0 Å². The molecular formula is C17H21N2O+. The standard InChI is InChI=1S/C17H20N2O/c1-17(2,3)15-9-7-14(8-10-15)13-19-11-5-4-6-16(19)12-18-20/h4-12H,13H2,1-3H3/p+1. The average Bonchev–Trinajstić information content (AvgIpc) is 2.41. The first-order chi connectivity index (χ1) is 9.50. The normalized spacial score (nSPS) is 11.9. The summed E-state index contributed by atoms with van der Waals surface area (Å²) in [7, 11) is 0. The maximum Gasteiger partial charge on any atom is 0.227 e. The van der Waals surface area contributed by atoms with E-state index in [0.717, 1.165) is 12.2 Å². The largest absolute Gasteiger partial charge is 0.411 e. The second-order valence-corrected chi connectivity index (χ2v) is 5.94. The molecule has 0 radical (unpaired) electrons. The lowest BCUT2D eigenvalue weighted by molar-refractivity contribution is -0.689. The third kappa shape index (κ3) is 3.44. The molecule has 0 spiro atoms. The van der Waals surface area contributed by atoms with Crippen molar-refractivity contribution in [3.8, 4) is 0 Å². The highest BCUT2D eigenvalue weighted by molar-refractivity contribution is 5.74. The van der Waals surface area contributed by atoms with E-state index in [1.165, 1.54) is 17.3 Å². The Balaban J connectivity index is 2.23. The number of rotatable bonds is 3. The first-order valence-electron chi connectivity index (χ1n) is 6.76. The fourth-order valence-electron chi connectivity index (χ4n) is 2.12. The van der Waals surface area contributed by atoms with Crippen LogP contribution in [-0.4, -0.2) is 11.4 Å². The summed E-state index contributed by atoms with van der Waals surface area (Å²) in [6, 6.07) is 14.5. The van der Waals surface area contributed by atoms with Gasteiger partial charge in [-0.25, -0.2) is 0 Å². The third-order valence-corrected chi connectivity index (χ3v) is 3.34. The Hall–Kier alpha value is -2.16. The molecule has 1 aromatic heterocycles. The summed E-state index contributed by atoms with van der Waals surface area (Å²) in [4.78, 5) is 0. The predicted molar refractivity (Wildman–Crippen MR) is 80.3 cm³/mol. The van der Waals surface area contributed by atoms with Gasteiger partial charge < -0.3 is 5.21 Å². The van der Waals surface area contributed by atoms with Crippen LogP contribution in [-0.2, 0) is 12.0 Å². The number of nitrogens with zero attached hydrogens (tertiary/aromatic N) is 2. The molecule has 0 saturated heterocycles. The van der Waals surface area contributed by atoms with Crippen LogP contribution in [0, 0.1) is 0 Å². The van der Waals surface area contributed by atoms with Gasteiger partial charge in [0.1, 0.15) is 6.21 Å². The molecule has 2 aromatic rings. The average molecular weight is 269 g/mol. The molecular weight excluding hydrogens is 248 g/mol. The smallest absolute Gasteiger partial charge is 0.227 e. The maximum atomic E-state index is 8.69. The van der Waals surface area contributed by atoms with Gasteiger partial charge in [-0.15, -0.1) is 0 Å². The van der Waals surface area contributed by atoms with Crippen LogP contribution in [0.3, 0.4) is 0 Å². The topological polar surface area (TPSA) is 36.5 Å². The van der Waals surface area contributed by atoms with E-state index in [2.05, 4.69) is 50.2 Å². The minimum absolute atomic E-state index is 0.174. The van der Waals surface area contributed by atoms with Crippen molar-refractivity contribution in [2.24, 2.45) is 5.16 Å². The van der Waals surface area contributed by atoms with Crippen molar-refractivity contribution >= 4 is 6.21 Å². The molecule has 0 aliphatic rings. The van der Waals surface area contributed by atoms with Gasteiger partial charge >= 0.3 is 0 Å². The lowest BCUT2D eigenvalue weighted by atomic mass is 9.87. The molecule has 0 bridgehead atoms. The molecule has 1 heterocycles. The highest BCUT2D eigenvalue weighted by Gasteiger charge is 2.14. The van der Waals surface area contributed by atoms with E-state index in [1.54, 1.807) is 0 Å². The molecule has 0 atom stereocenters. The molecule has 1 N–H and O–H groups in total. The zero-order valence-corrected chi connectivity index (χ0v) is 12.2. The molecule has 0 saturated carbocycles. The molecule has 20 heavy (non-hydrogen) atoms. The monoisotopic (exact) mass is 269 g/mol. The number of oxime groups is 1. The number of hydrogen-bond donors (Lipinski definition) is 1. The van der Waals surface area contributed by atoms with Crippen LogP contribution in [0.5, 0.6) is 0 Å². The fourth-order valence-corrected chi connectivity index (χ4v) is 2.12. The van der Waals surface area contributed by atoms with Crippen molar-refractivity contribution in [1.82, 2.24) is 0 Å². The van der Waals surface area contributed by atoms with Crippen LogP contribution in [0.15, 0.2) is 53.8 Å². The second-order valence-electron chi connectivity index (χ2n) is 5.94. The van der Waals surface area contributed by atoms with Gasteiger partial charge in [-0.3, -0.25) is 0 Å². The summed E-state index contributed by atoms with van der Waals surface area (Å²) in [5.41, 5.74) is 3.60. The second kappa shape index (κ2) is 5.87. The van der Waals surface area contributed by atoms with Gasteiger partial charge in [0.05, 0.1) is 0 Å². The van der Waals surface area contributed by atoms with E-state index in [-0.39, 0.29) is 5.41 Å². The fraction of sp³-hybridized carbons (Fsp3) is 0.294. The van der Waals surface area contributed by atoms with Crippen molar-refractivity contribution in [2.75, 3.05) is 0 Å². The molecule has 3 nitrogen and oxygen atoms in total. The van der Waals surface area contributed by atoms with Gasteiger partial charge in [0.25, 0.3) is 0 Å². The van der Waals surface area contributed by atoms with Gasteiger partial charge in [0, 0.05) is 17.7 Å². The van der Waals surface area contributed by atoms with E-state index in [1.807, 2.05) is 29.0 Å². The van der Waals surface area contributed by atoms with Crippen LogP contribution in [0.1, 0.15) is 37.6 Å². The van der Waals surface area contributed by atoms with Crippen molar-refractivity contribution in [3.05, 3.63) is 65.5 Å². The predicted octanol–water partition coefficient (Wildman–Crippen LogP) is 3.13. The first-order valence-corrected chi connectivity index (χ1v) is 6.76. The molecule has 104 valence electrons. The number of aromatic nitrogens is 1. The van der Waals surface area contributed by atoms with Gasteiger partial charge in [-0.1, -0.05) is 50.2 Å². The van der Waals surface area contributed by atoms with Gasteiger partial charge in [0.15, 0.2) is 12.7 Å². The van der Waals surface area contributed by atoms with E-state index in [0.29, 0.717) is 0 Å². The van der Waals surface area contributed by atoms with Gasteiger partial charge in [-0.05, 0) is 17.0 Å². The Kier molecular flexibility index (Phi) is 4.18. The Bertz CT molecular complexity index is 595.